The Morgan fingerprint density at radius 3 is 2.41 bits per heavy atom. The third-order valence-electron chi connectivity index (χ3n) is 7.63. The number of nitrogens with zero attached hydrogens (tertiary/aromatic N) is 6. The number of aromatic nitrogens is 4. The fourth-order valence-corrected chi connectivity index (χ4v) is 5.62. The molecule has 2 aliphatic rings. The highest BCUT2D eigenvalue weighted by atomic mass is 19.1. The molecule has 0 amide bonds. The van der Waals surface area contributed by atoms with Crippen LogP contribution in [0.25, 0.3) is 28.0 Å². The molecule has 2 fully saturated rings. The first-order valence-corrected chi connectivity index (χ1v) is 13.1. The van der Waals surface area contributed by atoms with Crippen LogP contribution < -0.4 is 15.4 Å². The highest BCUT2D eigenvalue weighted by molar-refractivity contribution is 5.99. The molecule has 2 aromatic heterocycles. The molecule has 2 aliphatic heterocycles. The average Bonchev–Trinajstić information content (AvgIpc) is 3.29. The number of rotatable bonds is 5. The monoisotopic (exact) mass is 501 g/mol. The van der Waals surface area contributed by atoms with Crippen LogP contribution in [-0.4, -0.2) is 64.0 Å². The van der Waals surface area contributed by atoms with Crippen LogP contribution in [-0.2, 0) is 0 Å². The van der Waals surface area contributed by atoms with Crippen molar-refractivity contribution in [3.05, 3.63) is 54.3 Å². The van der Waals surface area contributed by atoms with E-state index < -0.39 is 0 Å². The molecule has 0 radical (unpaired) electrons. The van der Waals surface area contributed by atoms with Gasteiger partial charge >= 0.3 is 0 Å². The topological polar surface area (TPSA) is 85.3 Å². The maximum atomic E-state index is 14.2. The second-order valence-electron chi connectivity index (χ2n) is 9.89. The summed E-state index contributed by atoms with van der Waals surface area (Å²) in [5, 5.41) is 5.38. The minimum Gasteiger partial charge on any atom is -0.497 e. The van der Waals surface area contributed by atoms with Gasteiger partial charge in [-0.2, -0.15) is 4.98 Å². The largest absolute Gasteiger partial charge is 0.497 e. The lowest BCUT2D eigenvalue weighted by molar-refractivity contribution is 0.141. The summed E-state index contributed by atoms with van der Waals surface area (Å²) in [5.41, 5.74) is 9.15. The molecule has 0 unspecified atom stereocenters. The summed E-state index contributed by atoms with van der Waals surface area (Å²) >= 11 is 0. The zero-order valence-electron chi connectivity index (χ0n) is 21.1. The second kappa shape index (κ2) is 9.97. The van der Waals surface area contributed by atoms with E-state index in [1.165, 1.54) is 44.5 Å². The number of fused-ring (bicyclic) bond motifs is 1. The number of methoxy groups -OCH3 is 1. The van der Waals surface area contributed by atoms with Crippen molar-refractivity contribution in [3.63, 3.8) is 0 Å². The van der Waals surface area contributed by atoms with E-state index in [4.69, 9.17) is 25.5 Å². The quantitative estimate of drug-likeness (QED) is 0.425. The van der Waals surface area contributed by atoms with E-state index >= 15 is 0 Å². The maximum absolute atomic E-state index is 14.2. The predicted octanol–water partition coefficient (Wildman–Crippen LogP) is 4.67. The first-order valence-electron chi connectivity index (χ1n) is 13.1. The van der Waals surface area contributed by atoms with Gasteiger partial charge in [-0.05, 0) is 75.2 Å². The summed E-state index contributed by atoms with van der Waals surface area (Å²) in [6.45, 7) is 4.17. The number of piperidine rings is 2. The van der Waals surface area contributed by atoms with Gasteiger partial charge in [0.25, 0.3) is 0 Å². The highest BCUT2D eigenvalue weighted by Crippen LogP contribution is 2.34. The van der Waals surface area contributed by atoms with Gasteiger partial charge in [-0.1, -0.05) is 18.6 Å². The first kappa shape index (κ1) is 23.7. The normalized spacial score (nSPS) is 17.4. The van der Waals surface area contributed by atoms with E-state index in [1.807, 2.05) is 30.3 Å². The van der Waals surface area contributed by atoms with Crippen LogP contribution in [0, 0.1) is 5.82 Å². The number of nitrogens with two attached hydrogens (primary N) is 1. The molecule has 0 spiro atoms. The van der Waals surface area contributed by atoms with Crippen molar-refractivity contribution >= 4 is 22.8 Å². The van der Waals surface area contributed by atoms with E-state index in [0.29, 0.717) is 40.1 Å². The molecule has 0 bridgehead atoms. The van der Waals surface area contributed by atoms with Crippen LogP contribution in [0.3, 0.4) is 0 Å². The minimum atomic E-state index is -0.325. The molecule has 4 aromatic rings. The van der Waals surface area contributed by atoms with Crippen LogP contribution in [0.1, 0.15) is 32.1 Å². The Bertz CT molecular complexity index is 1390. The number of hydrogen-bond donors (Lipinski definition) is 1. The third kappa shape index (κ3) is 4.59. The van der Waals surface area contributed by atoms with Gasteiger partial charge in [0.15, 0.2) is 5.65 Å². The summed E-state index contributed by atoms with van der Waals surface area (Å²) < 4.78 is 21.2. The van der Waals surface area contributed by atoms with Gasteiger partial charge in [-0.3, -0.25) is 0 Å². The molecule has 37 heavy (non-hydrogen) atoms. The molecule has 2 saturated heterocycles. The van der Waals surface area contributed by atoms with Gasteiger partial charge < -0.3 is 20.3 Å². The summed E-state index contributed by atoms with van der Waals surface area (Å²) in [6.07, 6.45) is 6.11. The first-order chi connectivity index (χ1) is 18.1. The zero-order valence-corrected chi connectivity index (χ0v) is 21.1. The van der Waals surface area contributed by atoms with Crippen LogP contribution >= 0.6 is 0 Å². The van der Waals surface area contributed by atoms with Crippen molar-refractivity contribution in [1.82, 2.24) is 24.6 Å². The van der Waals surface area contributed by atoms with Gasteiger partial charge in [-0.15, -0.1) is 5.10 Å². The fraction of sp³-hybridized carbons (Fsp3) is 0.393. The van der Waals surface area contributed by atoms with Crippen LogP contribution in [0.15, 0.2) is 48.5 Å². The van der Waals surface area contributed by atoms with Gasteiger partial charge in [0.1, 0.15) is 17.4 Å². The van der Waals surface area contributed by atoms with Crippen molar-refractivity contribution < 1.29 is 9.13 Å². The fourth-order valence-electron chi connectivity index (χ4n) is 5.62. The second-order valence-corrected chi connectivity index (χ2v) is 9.89. The lowest BCUT2D eigenvalue weighted by Crippen LogP contribution is -2.47. The minimum absolute atomic E-state index is 0.325. The average molecular weight is 502 g/mol. The summed E-state index contributed by atoms with van der Waals surface area (Å²) in [5.74, 6) is 1.45. The molecule has 2 aromatic carbocycles. The molecule has 192 valence electrons. The van der Waals surface area contributed by atoms with Crippen LogP contribution in [0.2, 0.25) is 0 Å². The molecular formula is C28H32FN7O. The molecule has 0 saturated carbocycles. The maximum Gasteiger partial charge on any atom is 0.228 e. The molecular weight excluding hydrogens is 469 g/mol. The van der Waals surface area contributed by atoms with E-state index in [9.17, 15) is 4.39 Å². The van der Waals surface area contributed by atoms with Gasteiger partial charge in [0.2, 0.25) is 5.95 Å². The van der Waals surface area contributed by atoms with Crippen molar-refractivity contribution in [1.29, 1.82) is 0 Å². The van der Waals surface area contributed by atoms with E-state index in [1.54, 1.807) is 17.9 Å². The number of ether oxygens (including phenoxy) is 1. The number of nitrogen functional groups attached to an aromatic ring is 1. The third-order valence-corrected chi connectivity index (χ3v) is 7.63. The lowest BCUT2D eigenvalue weighted by Gasteiger charge is -2.40. The van der Waals surface area contributed by atoms with Gasteiger partial charge in [-0.25, -0.2) is 14.1 Å². The molecule has 0 atom stereocenters. The number of hydrogen-bond acceptors (Lipinski definition) is 7. The molecule has 8 nitrogen and oxygen atoms in total. The van der Waals surface area contributed by atoms with Gasteiger partial charge in [0.05, 0.1) is 23.9 Å². The number of halogens is 1. The zero-order chi connectivity index (χ0) is 25.4. The predicted molar refractivity (Wildman–Crippen MR) is 144 cm³/mol. The van der Waals surface area contributed by atoms with Crippen molar-refractivity contribution in [2.75, 3.05) is 43.9 Å². The van der Waals surface area contributed by atoms with Gasteiger partial charge in [0, 0.05) is 24.7 Å². The number of benzene rings is 2. The number of anilines is 2. The Labute approximate surface area is 215 Å². The smallest absolute Gasteiger partial charge is 0.228 e. The molecule has 0 aliphatic carbocycles. The number of likely N-dealkylation sites (tertiary alicyclic amines) is 1. The Kier molecular flexibility index (Phi) is 6.38. The van der Waals surface area contributed by atoms with Crippen LogP contribution in [0.4, 0.5) is 16.2 Å². The molecule has 9 heteroatoms. The van der Waals surface area contributed by atoms with E-state index in [0.717, 1.165) is 37.4 Å². The summed E-state index contributed by atoms with van der Waals surface area (Å²) in [4.78, 5) is 14.7. The van der Waals surface area contributed by atoms with Crippen molar-refractivity contribution in [3.8, 4) is 22.7 Å². The lowest BCUT2D eigenvalue weighted by atomic mass is 10.00. The summed E-state index contributed by atoms with van der Waals surface area (Å²) in [7, 11) is 1.63. The Morgan fingerprint density at radius 2 is 1.70 bits per heavy atom. The molecule has 4 heterocycles. The van der Waals surface area contributed by atoms with E-state index in [2.05, 4.69) is 9.80 Å². The van der Waals surface area contributed by atoms with Crippen LogP contribution in [0.5, 0.6) is 5.75 Å². The van der Waals surface area contributed by atoms with Crippen molar-refractivity contribution in [2.45, 2.75) is 38.1 Å². The highest BCUT2D eigenvalue weighted by Gasteiger charge is 2.28. The standard InChI is InChI=1S/C28H32FN7O/c1-37-23-10-8-22(9-11-23)36-26(30)24-25(19-6-5-7-20(29)18-19)31-28(32-27(24)33-36)35-16-12-21(13-17-35)34-14-3-2-4-15-34/h5-11,18,21H,2-4,12-17,30H2,1H3. The van der Waals surface area contributed by atoms with E-state index in [-0.39, 0.29) is 5.82 Å². The SMILES string of the molecule is COc1ccc(-n2nc3nc(N4CCC(N5CCCCC5)CC4)nc(-c4cccc(F)c4)c3c2N)cc1. The molecule has 6 rings (SSSR count). The Morgan fingerprint density at radius 1 is 0.946 bits per heavy atom. The summed E-state index contributed by atoms with van der Waals surface area (Å²) in [6, 6.07) is 14.6. The van der Waals surface area contributed by atoms with Crippen molar-refractivity contribution in [2.24, 2.45) is 0 Å². The molecule has 2 N–H and O–H groups in total. The Balaban J connectivity index is 1.39. The Hall–Kier alpha value is -3.72.